The first kappa shape index (κ1) is 18.3. The van der Waals surface area contributed by atoms with E-state index < -0.39 is 6.09 Å². The first-order valence-corrected chi connectivity index (χ1v) is 9.41. The number of carbonyl (C=O) groups excluding carboxylic acids is 2. The van der Waals surface area contributed by atoms with Crippen molar-refractivity contribution in [3.63, 3.8) is 0 Å². The van der Waals surface area contributed by atoms with Crippen LogP contribution in [-0.4, -0.2) is 32.2 Å². The summed E-state index contributed by atoms with van der Waals surface area (Å²) < 4.78 is 4.93. The summed E-state index contributed by atoms with van der Waals surface area (Å²) in [6.45, 7) is 2.78. The third kappa shape index (κ3) is 3.84. The van der Waals surface area contributed by atoms with Crippen LogP contribution in [0.3, 0.4) is 0 Å². The molecule has 0 fully saturated rings. The van der Waals surface area contributed by atoms with E-state index in [1.54, 1.807) is 23.6 Å². The molecule has 0 saturated heterocycles. The molecule has 0 atom stereocenters. The van der Waals surface area contributed by atoms with Gasteiger partial charge in [-0.3, -0.25) is 15.0 Å². The lowest BCUT2D eigenvalue weighted by atomic mass is 10.2. The highest BCUT2D eigenvalue weighted by molar-refractivity contribution is 7.99. The van der Waals surface area contributed by atoms with Crippen molar-refractivity contribution in [3.8, 4) is 0 Å². The molecule has 3 N–H and O–H groups in total. The number of quaternary nitrogens is 1. The molecule has 2 amide bonds. The minimum Gasteiger partial charge on any atom is -0.450 e. The first-order valence-electron chi connectivity index (χ1n) is 8.59. The molecule has 1 heterocycles. The van der Waals surface area contributed by atoms with E-state index >= 15 is 0 Å². The van der Waals surface area contributed by atoms with Crippen LogP contribution in [0.5, 0.6) is 0 Å². The van der Waals surface area contributed by atoms with Crippen molar-refractivity contribution in [1.82, 2.24) is 0 Å². The summed E-state index contributed by atoms with van der Waals surface area (Å²) in [6.07, 6.45) is -0.0698. The number of hydrogen-bond donors (Lipinski definition) is 2. The third-order valence-electron chi connectivity index (χ3n) is 3.94. The van der Waals surface area contributed by atoms with Crippen LogP contribution in [0, 0.1) is 0 Å². The Hall–Kier alpha value is -2.51. The summed E-state index contributed by atoms with van der Waals surface area (Å²) in [5.41, 5.74) is 2.26. The SMILES string of the molecule is CCOC(=O)Nc1ccc2c(c1)N(C(=O)CC[NH2+]C)c1ccccc1S2. The molecule has 0 unspecified atom stereocenters. The van der Waals surface area contributed by atoms with Gasteiger partial charge < -0.3 is 10.1 Å². The van der Waals surface area contributed by atoms with E-state index in [1.165, 1.54) is 0 Å². The summed E-state index contributed by atoms with van der Waals surface area (Å²) >= 11 is 1.62. The summed E-state index contributed by atoms with van der Waals surface area (Å²) in [5, 5.41) is 4.69. The Kier molecular flexibility index (Phi) is 5.80. The van der Waals surface area contributed by atoms with Crippen LogP contribution in [0.1, 0.15) is 13.3 Å². The summed E-state index contributed by atoms with van der Waals surface area (Å²) in [6, 6.07) is 13.4. The van der Waals surface area contributed by atoms with E-state index in [9.17, 15) is 9.59 Å². The zero-order valence-electron chi connectivity index (χ0n) is 14.8. The van der Waals surface area contributed by atoms with Gasteiger partial charge >= 0.3 is 6.09 Å². The number of nitrogens with one attached hydrogen (secondary N) is 1. The number of ether oxygens (including phenoxy) is 1. The number of nitrogens with two attached hydrogens (primary N) is 1. The van der Waals surface area contributed by atoms with Gasteiger partial charge in [0.05, 0.1) is 38.0 Å². The van der Waals surface area contributed by atoms with Crippen LogP contribution < -0.4 is 15.5 Å². The Labute approximate surface area is 156 Å². The van der Waals surface area contributed by atoms with Crippen molar-refractivity contribution in [2.45, 2.75) is 23.1 Å². The molecule has 7 heteroatoms. The van der Waals surface area contributed by atoms with Gasteiger partial charge in [0.25, 0.3) is 0 Å². The van der Waals surface area contributed by atoms with Crippen molar-refractivity contribution in [2.24, 2.45) is 0 Å². The van der Waals surface area contributed by atoms with Gasteiger partial charge in [-0.15, -0.1) is 0 Å². The fourth-order valence-corrected chi connectivity index (χ4v) is 3.80. The summed E-state index contributed by atoms with van der Waals surface area (Å²) in [5.74, 6) is 0.0328. The van der Waals surface area contributed by atoms with E-state index in [-0.39, 0.29) is 5.91 Å². The smallest absolute Gasteiger partial charge is 0.411 e. The lowest BCUT2D eigenvalue weighted by molar-refractivity contribution is -0.625. The van der Waals surface area contributed by atoms with Crippen molar-refractivity contribution < 1.29 is 19.6 Å². The van der Waals surface area contributed by atoms with Crippen LogP contribution in [0.4, 0.5) is 21.9 Å². The van der Waals surface area contributed by atoms with Gasteiger partial charge in [0, 0.05) is 15.5 Å². The van der Waals surface area contributed by atoms with Crippen LogP contribution in [0.2, 0.25) is 0 Å². The number of rotatable bonds is 5. The number of para-hydroxylation sites is 1. The second kappa shape index (κ2) is 8.25. The van der Waals surface area contributed by atoms with E-state index in [0.717, 1.165) is 27.7 Å². The first-order chi connectivity index (χ1) is 12.6. The molecular formula is C19H22N3O3S+. The normalized spacial score (nSPS) is 12.2. The maximum Gasteiger partial charge on any atom is 0.411 e. The van der Waals surface area contributed by atoms with E-state index in [4.69, 9.17) is 4.74 Å². The maximum atomic E-state index is 12.9. The van der Waals surface area contributed by atoms with Gasteiger partial charge in [-0.2, -0.15) is 0 Å². The molecule has 2 aromatic rings. The van der Waals surface area contributed by atoms with E-state index in [0.29, 0.717) is 18.7 Å². The highest BCUT2D eigenvalue weighted by atomic mass is 32.2. The van der Waals surface area contributed by atoms with Crippen molar-refractivity contribution >= 4 is 40.8 Å². The predicted molar refractivity (Wildman–Crippen MR) is 102 cm³/mol. The second-order valence-corrected chi connectivity index (χ2v) is 6.86. The fraction of sp³-hybridized carbons (Fsp3) is 0.263. The average Bonchev–Trinajstić information content (AvgIpc) is 2.64. The van der Waals surface area contributed by atoms with Crippen molar-refractivity contribution in [1.29, 1.82) is 0 Å². The minimum absolute atomic E-state index is 0.0328. The van der Waals surface area contributed by atoms with E-state index in [1.807, 2.05) is 54.8 Å². The molecule has 0 saturated carbocycles. The zero-order valence-corrected chi connectivity index (χ0v) is 15.6. The van der Waals surface area contributed by atoms with Gasteiger partial charge in [-0.25, -0.2) is 4.79 Å². The lowest BCUT2D eigenvalue weighted by Crippen LogP contribution is -2.80. The number of anilines is 3. The quantitative estimate of drug-likeness (QED) is 0.846. The molecule has 3 rings (SSSR count). The Morgan fingerprint density at radius 3 is 2.69 bits per heavy atom. The van der Waals surface area contributed by atoms with Crippen molar-refractivity contribution in [3.05, 3.63) is 42.5 Å². The Morgan fingerprint density at radius 2 is 1.92 bits per heavy atom. The van der Waals surface area contributed by atoms with Crippen LogP contribution in [0.15, 0.2) is 52.3 Å². The maximum absolute atomic E-state index is 12.9. The van der Waals surface area contributed by atoms with Crippen LogP contribution >= 0.6 is 11.8 Å². The van der Waals surface area contributed by atoms with Gasteiger partial charge in [0.15, 0.2) is 0 Å². The molecule has 0 aliphatic carbocycles. The standard InChI is InChI=1S/C19H21N3O3S/c1-3-25-19(24)21-13-8-9-17-15(12-13)22(18(23)10-11-20-2)14-6-4-5-7-16(14)26-17/h4-9,12,20H,3,10-11H2,1-2H3,(H,21,24)/p+1. The molecular weight excluding hydrogens is 350 g/mol. The topological polar surface area (TPSA) is 75.2 Å². The Morgan fingerprint density at radius 1 is 1.15 bits per heavy atom. The Balaban J connectivity index is 1.98. The highest BCUT2D eigenvalue weighted by Gasteiger charge is 2.28. The third-order valence-corrected chi connectivity index (χ3v) is 5.07. The monoisotopic (exact) mass is 372 g/mol. The largest absolute Gasteiger partial charge is 0.450 e. The minimum atomic E-state index is -0.505. The highest BCUT2D eigenvalue weighted by Crippen LogP contribution is 2.49. The van der Waals surface area contributed by atoms with Crippen LogP contribution in [0.25, 0.3) is 0 Å². The Bertz CT molecular complexity index is 825. The number of fused-ring (bicyclic) bond motifs is 2. The molecule has 26 heavy (non-hydrogen) atoms. The van der Waals surface area contributed by atoms with Crippen LogP contribution in [-0.2, 0) is 9.53 Å². The van der Waals surface area contributed by atoms with E-state index in [2.05, 4.69) is 5.32 Å². The predicted octanol–water partition coefficient (Wildman–Crippen LogP) is 2.97. The van der Waals surface area contributed by atoms with Gasteiger partial charge in [-0.1, -0.05) is 23.9 Å². The molecule has 1 aliphatic heterocycles. The number of carbonyl (C=O) groups is 2. The number of amides is 2. The number of nitrogens with zero attached hydrogens (tertiary/aromatic N) is 1. The zero-order chi connectivity index (χ0) is 18.5. The van der Waals surface area contributed by atoms with Gasteiger partial charge in [0.2, 0.25) is 5.91 Å². The molecule has 0 aromatic heterocycles. The molecule has 136 valence electrons. The van der Waals surface area contributed by atoms with Gasteiger partial charge in [-0.05, 0) is 37.3 Å². The molecule has 2 aromatic carbocycles. The average molecular weight is 372 g/mol. The fourth-order valence-electron chi connectivity index (χ4n) is 2.77. The summed E-state index contributed by atoms with van der Waals surface area (Å²) in [7, 11) is 1.95. The lowest BCUT2D eigenvalue weighted by Gasteiger charge is -2.31. The second-order valence-electron chi connectivity index (χ2n) is 5.77. The molecule has 0 spiro atoms. The molecule has 6 nitrogen and oxygen atoms in total. The molecule has 0 bridgehead atoms. The summed E-state index contributed by atoms with van der Waals surface area (Å²) in [4.78, 5) is 28.4. The number of benzene rings is 2. The van der Waals surface area contributed by atoms with Gasteiger partial charge in [0.1, 0.15) is 0 Å². The molecule has 1 aliphatic rings. The number of hydrogen-bond acceptors (Lipinski definition) is 4. The molecule has 0 radical (unpaired) electrons. The van der Waals surface area contributed by atoms with Crippen molar-refractivity contribution in [2.75, 3.05) is 30.4 Å².